The Hall–Kier alpha value is -2.76. The average Bonchev–Trinajstić information content (AvgIpc) is 3.06. The molecule has 5 heteroatoms. The second-order valence-corrected chi connectivity index (χ2v) is 8.58. The summed E-state index contributed by atoms with van der Waals surface area (Å²) in [6.07, 6.45) is 0. The fraction of sp³-hybridized carbons (Fsp3) is 0.0833. The van der Waals surface area contributed by atoms with E-state index in [1.807, 2.05) is 48.0 Å². The number of halogens is 1. The standard InChI is InChI=1S/C24H19BrN2OS/c1-16-12-14-17(15-13-16)21-22(18-8-4-3-5-9-18)29-24(27(21)2)26-23(28)19-10-6-7-11-20(19)25/h3-15H,1-2H3. The van der Waals surface area contributed by atoms with Crippen molar-refractivity contribution in [3.05, 3.63) is 99.3 Å². The Morgan fingerprint density at radius 1 is 0.897 bits per heavy atom. The third-order valence-corrected chi connectivity index (χ3v) is 6.57. The van der Waals surface area contributed by atoms with E-state index in [9.17, 15) is 4.79 Å². The summed E-state index contributed by atoms with van der Waals surface area (Å²) >= 11 is 4.97. The molecule has 0 atom stereocenters. The van der Waals surface area contributed by atoms with Gasteiger partial charge in [0, 0.05) is 11.5 Å². The van der Waals surface area contributed by atoms with Gasteiger partial charge in [0.15, 0.2) is 4.80 Å². The van der Waals surface area contributed by atoms with Crippen molar-refractivity contribution < 1.29 is 4.79 Å². The van der Waals surface area contributed by atoms with Crippen LogP contribution in [0.4, 0.5) is 0 Å². The summed E-state index contributed by atoms with van der Waals surface area (Å²) in [7, 11) is 1.96. The molecule has 0 saturated carbocycles. The normalized spacial score (nSPS) is 11.6. The van der Waals surface area contributed by atoms with Crippen LogP contribution in [0.15, 0.2) is 88.3 Å². The number of hydrogen-bond donors (Lipinski definition) is 0. The molecule has 29 heavy (non-hydrogen) atoms. The van der Waals surface area contributed by atoms with Crippen molar-refractivity contribution in [1.29, 1.82) is 0 Å². The van der Waals surface area contributed by atoms with Gasteiger partial charge in [0.25, 0.3) is 5.91 Å². The first-order chi connectivity index (χ1) is 14.0. The number of carbonyl (C=O) groups excluding carboxylic acids is 1. The van der Waals surface area contributed by atoms with E-state index < -0.39 is 0 Å². The fourth-order valence-electron chi connectivity index (χ4n) is 3.16. The first kappa shape index (κ1) is 19.6. The molecule has 0 bridgehead atoms. The van der Waals surface area contributed by atoms with E-state index in [-0.39, 0.29) is 5.91 Å². The summed E-state index contributed by atoms with van der Waals surface area (Å²) in [5.41, 5.74) is 5.03. The highest BCUT2D eigenvalue weighted by molar-refractivity contribution is 9.10. The molecule has 1 heterocycles. The zero-order chi connectivity index (χ0) is 20.4. The van der Waals surface area contributed by atoms with E-state index in [4.69, 9.17) is 0 Å². The van der Waals surface area contributed by atoms with E-state index in [0.717, 1.165) is 26.2 Å². The van der Waals surface area contributed by atoms with E-state index in [1.54, 1.807) is 6.07 Å². The van der Waals surface area contributed by atoms with Crippen LogP contribution in [-0.2, 0) is 7.05 Å². The highest BCUT2D eigenvalue weighted by Gasteiger charge is 2.16. The lowest BCUT2D eigenvalue weighted by molar-refractivity contribution is 0.0997. The van der Waals surface area contributed by atoms with Crippen molar-refractivity contribution in [2.45, 2.75) is 6.92 Å². The highest BCUT2D eigenvalue weighted by atomic mass is 79.9. The Morgan fingerprint density at radius 3 is 2.24 bits per heavy atom. The Balaban J connectivity index is 1.92. The number of aromatic nitrogens is 1. The fourth-order valence-corrected chi connectivity index (χ4v) is 4.76. The molecule has 3 nitrogen and oxygen atoms in total. The Kier molecular flexibility index (Phi) is 5.60. The number of rotatable bonds is 3. The number of hydrogen-bond acceptors (Lipinski definition) is 2. The van der Waals surface area contributed by atoms with Crippen LogP contribution >= 0.6 is 27.3 Å². The van der Waals surface area contributed by atoms with Crippen LogP contribution < -0.4 is 4.80 Å². The molecule has 0 unspecified atom stereocenters. The smallest absolute Gasteiger partial charge is 0.280 e. The molecular weight excluding hydrogens is 444 g/mol. The van der Waals surface area contributed by atoms with Crippen LogP contribution in [0.25, 0.3) is 21.7 Å². The van der Waals surface area contributed by atoms with Gasteiger partial charge in [-0.3, -0.25) is 4.79 Å². The Morgan fingerprint density at radius 2 is 1.55 bits per heavy atom. The monoisotopic (exact) mass is 462 g/mol. The third-order valence-electron chi connectivity index (χ3n) is 4.69. The maximum absolute atomic E-state index is 12.8. The Bertz CT molecular complexity index is 1240. The largest absolute Gasteiger partial charge is 0.319 e. The van der Waals surface area contributed by atoms with E-state index in [0.29, 0.717) is 10.4 Å². The number of nitrogens with zero attached hydrogens (tertiary/aromatic N) is 2. The molecule has 0 saturated heterocycles. The Labute approximate surface area is 182 Å². The summed E-state index contributed by atoms with van der Waals surface area (Å²) in [5.74, 6) is -0.260. The lowest BCUT2D eigenvalue weighted by atomic mass is 10.1. The van der Waals surface area contributed by atoms with Crippen LogP contribution in [0.1, 0.15) is 15.9 Å². The van der Waals surface area contributed by atoms with Gasteiger partial charge in [0.05, 0.1) is 16.1 Å². The second-order valence-electron chi connectivity index (χ2n) is 6.75. The van der Waals surface area contributed by atoms with Gasteiger partial charge in [0.2, 0.25) is 0 Å². The summed E-state index contributed by atoms with van der Waals surface area (Å²) < 4.78 is 2.75. The van der Waals surface area contributed by atoms with Gasteiger partial charge in [-0.25, -0.2) is 0 Å². The minimum atomic E-state index is -0.260. The van der Waals surface area contributed by atoms with Crippen LogP contribution in [0.3, 0.4) is 0 Å². The molecular formula is C24H19BrN2OS. The maximum Gasteiger partial charge on any atom is 0.280 e. The van der Waals surface area contributed by atoms with Crippen molar-refractivity contribution in [3.8, 4) is 21.7 Å². The van der Waals surface area contributed by atoms with Crippen LogP contribution in [-0.4, -0.2) is 10.5 Å². The van der Waals surface area contributed by atoms with Gasteiger partial charge in [-0.05, 0) is 46.1 Å². The van der Waals surface area contributed by atoms with Gasteiger partial charge >= 0.3 is 0 Å². The molecule has 0 fully saturated rings. The number of aryl methyl sites for hydroxylation is 1. The molecule has 4 rings (SSSR count). The lowest BCUT2D eigenvalue weighted by Gasteiger charge is -2.08. The number of carbonyl (C=O) groups is 1. The van der Waals surface area contributed by atoms with Crippen LogP contribution in [0, 0.1) is 6.92 Å². The summed E-state index contributed by atoms with van der Waals surface area (Å²) in [6.45, 7) is 2.08. The molecule has 3 aromatic carbocycles. The van der Waals surface area contributed by atoms with E-state index >= 15 is 0 Å². The molecule has 0 spiro atoms. The van der Waals surface area contributed by atoms with Gasteiger partial charge in [-0.15, -0.1) is 0 Å². The van der Waals surface area contributed by atoms with Crippen molar-refractivity contribution in [2.75, 3.05) is 0 Å². The van der Waals surface area contributed by atoms with Crippen LogP contribution in [0.5, 0.6) is 0 Å². The van der Waals surface area contributed by atoms with Crippen molar-refractivity contribution in [2.24, 2.45) is 12.0 Å². The summed E-state index contributed by atoms with van der Waals surface area (Å²) in [4.78, 5) is 19.0. The molecule has 0 radical (unpaired) electrons. The first-order valence-electron chi connectivity index (χ1n) is 9.20. The molecule has 0 N–H and O–H groups in total. The van der Waals surface area contributed by atoms with Crippen molar-refractivity contribution in [3.63, 3.8) is 0 Å². The van der Waals surface area contributed by atoms with Crippen molar-refractivity contribution >= 4 is 33.2 Å². The van der Waals surface area contributed by atoms with Gasteiger partial charge < -0.3 is 4.57 Å². The molecule has 144 valence electrons. The van der Waals surface area contributed by atoms with E-state index in [2.05, 4.69) is 64.2 Å². The number of benzene rings is 3. The average molecular weight is 463 g/mol. The molecule has 1 amide bonds. The van der Waals surface area contributed by atoms with E-state index in [1.165, 1.54) is 16.9 Å². The molecule has 4 aromatic rings. The molecule has 0 aliphatic rings. The quantitative estimate of drug-likeness (QED) is 0.355. The topological polar surface area (TPSA) is 34.4 Å². The third kappa shape index (κ3) is 4.02. The predicted octanol–water partition coefficient (Wildman–Crippen LogP) is 6.23. The number of amides is 1. The number of thiazole rings is 1. The van der Waals surface area contributed by atoms with Gasteiger partial charge in [-0.1, -0.05) is 83.6 Å². The summed E-state index contributed by atoms with van der Waals surface area (Å²) in [5, 5.41) is 0. The molecule has 0 aliphatic heterocycles. The predicted molar refractivity (Wildman–Crippen MR) is 123 cm³/mol. The highest BCUT2D eigenvalue weighted by Crippen LogP contribution is 2.34. The SMILES string of the molecule is Cc1ccc(-c2c(-c3ccccc3)sc(=NC(=O)c3ccccc3Br)n2C)cc1. The maximum atomic E-state index is 12.8. The zero-order valence-corrected chi connectivity index (χ0v) is 18.5. The van der Waals surface area contributed by atoms with Crippen LogP contribution in [0.2, 0.25) is 0 Å². The van der Waals surface area contributed by atoms with Gasteiger partial charge in [0.1, 0.15) is 0 Å². The lowest BCUT2D eigenvalue weighted by Crippen LogP contribution is -2.14. The summed E-state index contributed by atoms with van der Waals surface area (Å²) in [6, 6.07) is 26.0. The van der Waals surface area contributed by atoms with Crippen molar-refractivity contribution in [1.82, 2.24) is 4.57 Å². The first-order valence-corrected chi connectivity index (χ1v) is 10.8. The van der Waals surface area contributed by atoms with Gasteiger partial charge in [-0.2, -0.15) is 4.99 Å². The zero-order valence-electron chi connectivity index (χ0n) is 16.1. The minimum absolute atomic E-state index is 0.260. The molecule has 0 aliphatic carbocycles. The second kappa shape index (κ2) is 8.31. The minimum Gasteiger partial charge on any atom is -0.319 e. The molecule has 1 aromatic heterocycles.